The van der Waals surface area contributed by atoms with Crippen LogP contribution in [0.5, 0.6) is 0 Å². The van der Waals surface area contributed by atoms with E-state index in [4.69, 9.17) is 5.73 Å². The van der Waals surface area contributed by atoms with E-state index in [-0.39, 0.29) is 29.8 Å². The molecule has 9 heteroatoms. The second-order valence-electron chi connectivity index (χ2n) is 6.42. The zero-order valence-corrected chi connectivity index (χ0v) is 15.8. The SMILES string of the molecule is CC(=O)c1ccccc1NC(=O)CSc1nnc(C2CC2)n1CCC(N)=O. The number of primary amides is 1. The van der Waals surface area contributed by atoms with Crippen molar-refractivity contribution in [1.29, 1.82) is 0 Å². The Morgan fingerprint density at radius 2 is 2.00 bits per heavy atom. The van der Waals surface area contributed by atoms with Crippen molar-refractivity contribution in [3.8, 4) is 0 Å². The lowest BCUT2D eigenvalue weighted by molar-refractivity contribution is -0.118. The number of carbonyl (C=O) groups is 3. The van der Waals surface area contributed by atoms with Crippen molar-refractivity contribution in [2.75, 3.05) is 11.1 Å². The number of hydrogen-bond donors (Lipinski definition) is 2. The summed E-state index contributed by atoms with van der Waals surface area (Å²) in [6, 6.07) is 6.88. The Kier molecular flexibility index (Phi) is 5.90. The Hall–Kier alpha value is -2.68. The number of carbonyl (C=O) groups excluding carboxylic acids is 3. The average molecular weight is 387 g/mol. The zero-order chi connectivity index (χ0) is 19.4. The van der Waals surface area contributed by atoms with Gasteiger partial charge in [0.2, 0.25) is 11.8 Å². The maximum Gasteiger partial charge on any atom is 0.234 e. The second kappa shape index (κ2) is 8.34. The number of aromatic nitrogens is 3. The topological polar surface area (TPSA) is 120 Å². The van der Waals surface area contributed by atoms with Crippen LogP contribution in [0, 0.1) is 0 Å². The van der Waals surface area contributed by atoms with Crippen LogP contribution < -0.4 is 11.1 Å². The number of nitrogens with two attached hydrogens (primary N) is 1. The number of nitrogens with zero attached hydrogens (tertiary/aromatic N) is 3. The van der Waals surface area contributed by atoms with Gasteiger partial charge in [0.05, 0.1) is 11.4 Å². The number of nitrogens with one attached hydrogen (secondary N) is 1. The van der Waals surface area contributed by atoms with E-state index in [1.165, 1.54) is 18.7 Å². The Labute approximate surface area is 160 Å². The van der Waals surface area contributed by atoms with E-state index in [1.807, 2.05) is 4.57 Å². The summed E-state index contributed by atoms with van der Waals surface area (Å²) in [6.07, 6.45) is 2.31. The number of thioether (sulfide) groups is 1. The first-order valence-electron chi connectivity index (χ1n) is 8.69. The number of Topliss-reactive ketones (excluding diaryl/α,β-unsaturated/α-hetero) is 1. The fraction of sp³-hybridized carbons (Fsp3) is 0.389. The molecule has 0 atom stereocenters. The van der Waals surface area contributed by atoms with Crippen molar-refractivity contribution in [1.82, 2.24) is 14.8 Å². The highest BCUT2D eigenvalue weighted by molar-refractivity contribution is 7.99. The third-order valence-electron chi connectivity index (χ3n) is 4.18. The number of amides is 2. The van der Waals surface area contributed by atoms with Gasteiger partial charge >= 0.3 is 0 Å². The number of benzene rings is 1. The first-order chi connectivity index (χ1) is 13.0. The van der Waals surface area contributed by atoms with Gasteiger partial charge in [-0.25, -0.2) is 0 Å². The molecule has 0 radical (unpaired) electrons. The summed E-state index contributed by atoms with van der Waals surface area (Å²) in [5.41, 5.74) is 6.22. The van der Waals surface area contributed by atoms with Crippen molar-refractivity contribution >= 4 is 35.0 Å². The summed E-state index contributed by atoms with van der Waals surface area (Å²) in [6.45, 7) is 1.87. The molecule has 2 amide bonds. The smallest absolute Gasteiger partial charge is 0.234 e. The minimum Gasteiger partial charge on any atom is -0.370 e. The molecule has 0 saturated heterocycles. The number of rotatable bonds is 9. The maximum absolute atomic E-state index is 12.3. The minimum absolute atomic E-state index is 0.112. The van der Waals surface area contributed by atoms with Crippen LogP contribution in [0.2, 0.25) is 0 Å². The van der Waals surface area contributed by atoms with Gasteiger partial charge < -0.3 is 15.6 Å². The van der Waals surface area contributed by atoms with E-state index in [0.717, 1.165) is 18.7 Å². The molecule has 1 aromatic heterocycles. The highest BCUT2D eigenvalue weighted by atomic mass is 32.2. The Balaban J connectivity index is 1.65. The molecule has 8 nitrogen and oxygen atoms in total. The Morgan fingerprint density at radius 3 is 2.67 bits per heavy atom. The van der Waals surface area contributed by atoms with Gasteiger partial charge in [0.1, 0.15) is 5.82 Å². The van der Waals surface area contributed by atoms with Gasteiger partial charge in [-0.3, -0.25) is 14.4 Å². The van der Waals surface area contributed by atoms with Gasteiger partial charge in [-0.2, -0.15) is 0 Å². The number of ketones is 1. The monoisotopic (exact) mass is 387 g/mol. The Bertz CT molecular complexity index is 876. The van der Waals surface area contributed by atoms with Crippen molar-refractivity contribution in [2.45, 2.75) is 43.8 Å². The van der Waals surface area contributed by atoms with E-state index >= 15 is 0 Å². The van der Waals surface area contributed by atoms with Crippen molar-refractivity contribution in [3.63, 3.8) is 0 Å². The highest BCUT2D eigenvalue weighted by Crippen LogP contribution is 2.40. The molecule has 27 heavy (non-hydrogen) atoms. The fourth-order valence-electron chi connectivity index (χ4n) is 2.70. The second-order valence-corrected chi connectivity index (χ2v) is 7.36. The molecular formula is C18H21N5O3S. The molecule has 1 saturated carbocycles. The highest BCUT2D eigenvalue weighted by Gasteiger charge is 2.30. The van der Waals surface area contributed by atoms with Crippen LogP contribution in [0.25, 0.3) is 0 Å². The predicted molar refractivity (Wildman–Crippen MR) is 102 cm³/mol. The molecule has 0 unspecified atom stereocenters. The fourth-order valence-corrected chi connectivity index (χ4v) is 3.47. The van der Waals surface area contributed by atoms with Crippen molar-refractivity contribution in [3.05, 3.63) is 35.7 Å². The molecule has 1 fully saturated rings. The molecule has 3 rings (SSSR count). The summed E-state index contributed by atoms with van der Waals surface area (Å²) in [4.78, 5) is 35.1. The molecule has 2 aromatic rings. The van der Waals surface area contributed by atoms with E-state index in [9.17, 15) is 14.4 Å². The van der Waals surface area contributed by atoms with Crippen LogP contribution in [0.15, 0.2) is 29.4 Å². The molecule has 1 aromatic carbocycles. The van der Waals surface area contributed by atoms with Gasteiger partial charge in [-0.05, 0) is 31.9 Å². The summed E-state index contributed by atoms with van der Waals surface area (Å²) in [7, 11) is 0. The molecule has 1 aliphatic carbocycles. The zero-order valence-electron chi connectivity index (χ0n) is 15.0. The van der Waals surface area contributed by atoms with Crippen LogP contribution in [0.3, 0.4) is 0 Å². The van der Waals surface area contributed by atoms with Gasteiger partial charge in [-0.15, -0.1) is 10.2 Å². The summed E-state index contributed by atoms with van der Waals surface area (Å²) in [5, 5.41) is 11.7. The summed E-state index contributed by atoms with van der Waals surface area (Å²) in [5.74, 6) is 0.591. The molecule has 142 valence electrons. The lowest BCUT2D eigenvalue weighted by atomic mass is 10.1. The van der Waals surface area contributed by atoms with Crippen LogP contribution in [0.4, 0.5) is 5.69 Å². The molecule has 1 heterocycles. The first-order valence-corrected chi connectivity index (χ1v) is 9.68. The van der Waals surface area contributed by atoms with Crippen LogP contribution in [-0.4, -0.2) is 38.1 Å². The van der Waals surface area contributed by atoms with E-state index in [2.05, 4.69) is 15.5 Å². The standard InChI is InChI=1S/C18H21N5O3S/c1-11(24)13-4-2-3-5-14(13)20-16(26)10-27-18-22-21-17(12-6-7-12)23(18)9-8-15(19)25/h2-5,12H,6-10H2,1H3,(H2,19,25)(H,20,26). The third kappa shape index (κ3) is 4.94. The van der Waals surface area contributed by atoms with Crippen LogP contribution >= 0.6 is 11.8 Å². The lowest BCUT2D eigenvalue weighted by Crippen LogP contribution is -2.18. The largest absolute Gasteiger partial charge is 0.370 e. The van der Waals surface area contributed by atoms with E-state index in [0.29, 0.717) is 28.9 Å². The number of para-hydroxylation sites is 1. The van der Waals surface area contributed by atoms with Crippen molar-refractivity contribution in [2.24, 2.45) is 5.73 Å². The number of anilines is 1. The van der Waals surface area contributed by atoms with Gasteiger partial charge in [0.15, 0.2) is 10.9 Å². The maximum atomic E-state index is 12.3. The van der Waals surface area contributed by atoms with Gasteiger partial charge in [0.25, 0.3) is 0 Å². The quantitative estimate of drug-likeness (QED) is 0.501. The first kappa shape index (κ1) is 19.1. The molecule has 0 spiro atoms. The summed E-state index contributed by atoms with van der Waals surface area (Å²) >= 11 is 1.25. The molecule has 1 aliphatic rings. The molecule has 0 aliphatic heterocycles. The molecule has 3 N–H and O–H groups in total. The average Bonchev–Trinajstić information content (AvgIpc) is 3.39. The third-order valence-corrected chi connectivity index (χ3v) is 5.15. The Morgan fingerprint density at radius 1 is 1.26 bits per heavy atom. The minimum atomic E-state index is -0.389. The number of hydrogen-bond acceptors (Lipinski definition) is 6. The van der Waals surface area contributed by atoms with Gasteiger partial charge in [0, 0.05) is 24.4 Å². The summed E-state index contributed by atoms with van der Waals surface area (Å²) < 4.78 is 1.88. The van der Waals surface area contributed by atoms with E-state index in [1.54, 1.807) is 24.3 Å². The normalized spacial score (nSPS) is 13.4. The molecular weight excluding hydrogens is 366 g/mol. The van der Waals surface area contributed by atoms with Gasteiger partial charge in [-0.1, -0.05) is 23.9 Å². The lowest BCUT2D eigenvalue weighted by Gasteiger charge is -2.10. The molecule has 0 bridgehead atoms. The van der Waals surface area contributed by atoms with Crippen LogP contribution in [0.1, 0.15) is 48.3 Å². The predicted octanol–water partition coefficient (Wildman–Crippen LogP) is 1.96. The van der Waals surface area contributed by atoms with Crippen molar-refractivity contribution < 1.29 is 14.4 Å². The van der Waals surface area contributed by atoms with E-state index < -0.39 is 0 Å². The van der Waals surface area contributed by atoms with Crippen LogP contribution in [-0.2, 0) is 16.1 Å².